The second kappa shape index (κ2) is 10.5. The van der Waals surface area contributed by atoms with Gasteiger partial charge in [0.1, 0.15) is 17.3 Å². The van der Waals surface area contributed by atoms with Crippen LogP contribution in [0.25, 0.3) is 11.1 Å². The Morgan fingerprint density at radius 3 is 2.32 bits per heavy atom. The van der Waals surface area contributed by atoms with Crippen LogP contribution < -0.4 is 10.6 Å². The fourth-order valence-corrected chi connectivity index (χ4v) is 4.32. The van der Waals surface area contributed by atoms with Gasteiger partial charge in [0.05, 0.1) is 6.54 Å². The Morgan fingerprint density at radius 1 is 1.09 bits per heavy atom. The maximum absolute atomic E-state index is 12.6. The number of aromatic nitrogens is 1. The van der Waals surface area contributed by atoms with E-state index in [1.54, 1.807) is 6.07 Å². The van der Waals surface area contributed by atoms with E-state index < -0.39 is 24.0 Å². The number of nitrogens with one attached hydrogen (secondary N) is 2. The molecule has 9 nitrogen and oxygen atoms in total. The molecule has 2 aromatic carbocycles. The number of ether oxygens (including phenoxy) is 1. The Morgan fingerprint density at radius 2 is 1.74 bits per heavy atom. The van der Waals surface area contributed by atoms with E-state index in [9.17, 15) is 14.4 Å². The van der Waals surface area contributed by atoms with E-state index in [1.807, 2.05) is 48.5 Å². The molecule has 3 aromatic rings. The summed E-state index contributed by atoms with van der Waals surface area (Å²) < 4.78 is 11.0. The fourth-order valence-electron chi connectivity index (χ4n) is 3.99. The van der Waals surface area contributed by atoms with E-state index >= 15 is 0 Å². The zero-order valence-electron chi connectivity index (χ0n) is 18.0. The molecule has 3 N–H and O–H groups in total. The van der Waals surface area contributed by atoms with Crippen LogP contribution in [-0.4, -0.2) is 40.9 Å². The standard InChI is InChI=1S/C24H22BrN3O6/c25-21-11-14(34-28-21)12-26-23(31)20(9-10-22(29)30)27-24(32)33-13-19-17-7-3-1-5-15(17)16-6-2-4-8-18(16)19/h1-8,11,19-20H,9-10,12-13H2,(H,26,31)(H,27,32)(H,29,30). The highest BCUT2D eigenvalue weighted by molar-refractivity contribution is 9.10. The lowest BCUT2D eigenvalue weighted by Gasteiger charge is -2.19. The molecule has 176 valence electrons. The van der Waals surface area contributed by atoms with Crippen LogP contribution in [0.5, 0.6) is 0 Å². The third kappa shape index (κ3) is 5.45. The summed E-state index contributed by atoms with van der Waals surface area (Å²) in [7, 11) is 0. The highest BCUT2D eigenvalue weighted by Crippen LogP contribution is 2.44. The molecule has 2 amide bonds. The monoisotopic (exact) mass is 527 g/mol. The van der Waals surface area contributed by atoms with Crippen molar-refractivity contribution in [3.63, 3.8) is 0 Å². The van der Waals surface area contributed by atoms with Gasteiger partial charge in [-0.25, -0.2) is 4.79 Å². The summed E-state index contributed by atoms with van der Waals surface area (Å²) in [6.45, 7) is 0.118. The van der Waals surface area contributed by atoms with E-state index in [0.29, 0.717) is 10.4 Å². The van der Waals surface area contributed by atoms with Crippen molar-refractivity contribution < 1.29 is 28.8 Å². The van der Waals surface area contributed by atoms with Crippen molar-refractivity contribution in [2.24, 2.45) is 0 Å². The SMILES string of the molecule is O=C(O)CCC(NC(=O)OCC1c2ccccc2-c2ccccc21)C(=O)NCc1cc(Br)no1. The van der Waals surface area contributed by atoms with Gasteiger partial charge in [0, 0.05) is 18.4 Å². The Bertz CT molecular complexity index is 1170. The molecule has 0 saturated heterocycles. The first kappa shape index (κ1) is 23.5. The molecule has 34 heavy (non-hydrogen) atoms. The van der Waals surface area contributed by atoms with Crippen molar-refractivity contribution >= 4 is 33.9 Å². The summed E-state index contributed by atoms with van der Waals surface area (Å²) in [6.07, 6.45) is -1.18. The van der Waals surface area contributed by atoms with Gasteiger partial charge in [-0.1, -0.05) is 53.7 Å². The Kier molecular flexibility index (Phi) is 7.27. The lowest BCUT2D eigenvalue weighted by atomic mass is 9.98. The second-order valence-electron chi connectivity index (χ2n) is 7.79. The van der Waals surface area contributed by atoms with Crippen LogP contribution in [0.4, 0.5) is 4.79 Å². The summed E-state index contributed by atoms with van der Waals surface area (Å²) in [5, 5.41) is 17.8. The summed E-state index contributed by atoms with van der Waals surface area (Å²) in [5.74, 6) is -1.36. The number of benzene rings is 2. The minimum absolute atomic E-state index is 0.0351. The predicted octanol–water partition coefficient (Wildman–Crippen LogP) is 3.83. The number of amides is 2. The summed E-state index contributed by atoms with van der Waals surface area (Å²) >= 11 is 3.15. The van der Waals surface area contributed by atoms with Gasteiger partial charge >= 0.3 is 12.1 Å². The molecule has 0 fully saturated rings. The Balaban J connectivity index is 1.38. The number of hydrogen-bond donors (Lipinski definition) is 3. The lowest BCUT2D eigenvalue weighted by molar-refractivity contribution is -0.137. The molecule has 1 aromatic heterocycles. The van der Waals surface area contributed by atoms with Crippen molar-refractivity contribution in [3.8, 4) is 11.1 Å². The number of rotatable bonds is 9. The van der Waals surface area contributed by atoms with Crippen molar-refractivity contribution in [2.45, 2.75) is 31.3 Å². The third-order valence-corrected chi connectivity index (χ3v) is 5.94. The first-order valence-corrected chi connectivity index (χ1v) is 11.4. The maximum Gasteiger partial charge on any atom is 0.407 e. The molecular formula is C24H22BrN3O6. The number of alkyl carbamates (subject to hydrolysis) is 1. The van der Waals surface area contributed by atoms with Crippen LogP contribution in [0.1, 0.15) is 35.6 Å². The summed E-state index contributed by atoms with van der Waals surface area (Å²) in [5.41, 5.74) is 4.33. The molecule has 0 radical (unpaired) electrons. The van der Waals surface area contributed by atoms with Crippen LogP contribution in [0.2, 0.25) is 0 Å². The molecule has 0 spiro atoms. The van der Waals surface area contributed by atoms with E-state index in [2.05, 4.69) is 31.7 Å². The number of fused-ring (bicyclic) bond motifs is 3. The van der Waals surface area contributed by atoms with Crippen molar-refractivity contribution in [3.05, 3.63) is 76.1 Å². The van der Waals surface area contributed by atoms with E-state index in [1.165, 1.54) is 0 Å². The van der Waals surface area contributed by atoms with E-state index in [-0.39, 0.29) is 31.9 Å². The number of carboxylic acids is 1. The number of aliphatic carboxylic acids is 1. The molecule has 1 aliphatic carbocycles. The van der Waals surface area contributed by atoms with Crippen LogP contribution >= 0.6 is 15.9 Å². The molecule has 0 bridgehead atoms. The summed E-state index contributed by atoms with van der Waals surface area (Å²) in [4.78, 5) is 36.2. The molecule has 0 saturated carbocycles. The number of halogens is 1. The zero-order chi connectivity index (χ0) is 24.1. The van der Waals surface area contributed by atoms with Gasteiger partial charge in [0.25, 0.3) is 0 Å². The Hall–Kier alpha value is -3.66. The third-order valence-electron chi connectivity index (χ3n) is 5.57. The van der Waals surface area contributed by atoms with Gasteiger partial charge in [-0.3, -0.25) is 9.59 Å². The van der Waals surface area contributed by atoms with Gasteiger partial charge < -0.3 is 25.0 Å². The van der Waals surface area contributed by atoms with Gasteiger partial charge in [-0.15, -0.1) is 0 Å². The maximum atomic E-state index is 12.6. The van der Waals surface area contributed by atoms with E-state index in [0.717, 1.165) is 22.3 Å². The van der Waals surface area contributed by atoms with Gasteiger partial charge in [-0.2, -0.15) is 0 Å². The zero-order valence-corrected chi connectivity index (χ0v) is 19.6. The number of nitrogens with zero attached hydrogens (tertiary/aromatic N) is 1. The average molecular weight is 528 g/mol. The van der Waals surface area contributed by atoms with Gasteiger partial charge in [-0.05, 0) is 44.6 Å². The predicted molar refractivity (Wildman–Crippen MR) is 125 cm³/mol. The average Bonchev–Trinajstić information content (AvgIpc) is 3.39. The molecule has 1 heterocycles. The molecule has 10 heteroatoms. The van der Waals surface area contributed by atoms with Crippen LogP contribution in [0, 0.1) is 0 Å². The highest BCUT2D eigenvalue weighted by atomic mass is 79.9. The van der Waals surface area contributed by atoms with Crippen LogP contribution in [0.15, 0.2) is 63.7 Å². The highest BCUT2D eigenvalue weighted by Gasteiger charge is 2.30. The molecule has 0 aliphatic heterocycles. The number of hydrogen-bond acceptors (Lipinski definition) is 6. The Labute approximate surface area is 203 Å². The van der Waals surface area contributed by atoms with Gasteiger partial charge in [0.15, 0.2) is 5.76 Å². The fraction of sp³-hybridized carbons (Fsp3) is 0.250. The summed E-state index contributed by atoms with van der Waals surface area (Å²) in [6, 6.07) is 16.4. The molecule has 1 atom stereocenters. The first-order chi connectivity index (χ1) is 16.4. The van der Waals surface area contributed by atoms with Crippen LogP contribution in [0.3, 0.4) is 0 Å². The topological polar surface area (TPSA) is 131 Å². The number of carbonyl (C=O) groups is 3. The van der Waals surface area contributed by atoms with Crippen LogP contribution in [-0.2, 0) is 20.9 Å². The second-order valence-corrected chi connectivity index (χ2v) is 8.60. The van der Waals surface area contributed by atoms with E-state index in [4.69, 9.17) is 14.4 Å². The molecular weight excluding hydrogens is 506 g/mol. The minimum atomic E-state index is -1.09. The van der Waals surface area contributed by atoms with Crippen molar-refractivity contribution in [2.75, 3.05) is 6.61 Å². The molecule has 1 unspecified atom stereocenters. The largest absolute Gasteiger partial charge is 0.481 e. The molecule has 4 rings (SSSR count). The van der Waals surface area contributed by atoms with Crippen molar-refractivity contribution in [1.82, 2.24) is 15.8 Å². The quantitative estimate of drug-likeness (QED) is 0.385. The normalized spacial score (nSPS) is 13.0. The molecule has 1 aliphatic rings. The smallest absolute Gasteiger partial charge is 0.407 e. The number of carboxylic acid groups (broad SMARTS) is 1. The minimum Gasteiger partial charge on any atom is -0.481 e. The number of carbonyl (C=O) groups excluding carboxylic acids is 2. The van der Waals surface area contributed by atoms with Gasteiger partial charge in [0.2, 0.25) is 5.91 Å². The lowest BCUT2D eigenvalue weighted by Crippen LogP contribution is -2.47. The van der Waals surface area contributed by atoms with Crippen molar-refractivity contribution in [1.29, 1.82) is 0 Å². The first-order valence-electron chi connectivity index (χ1n) is 10.6.